The maximum absolute atomic E-state index is 9.88. The normalized spacial score (nSPS) is 12.7. The van der Waals surface area contributed by atoms with E-state index in [0.717, 1.165) is 0 Å². The summed E-state index contributed by atoms with van der Waals surface area (Å²) in [5.41, 5.74) is 3.29. The summed E-state index contributed by atoms with van der Waals surface area (Å²) in [4.78, 5) is 2.11. The van der Waals surface area contributed by atoms with Crippen LogP contribution in [0, 0.1) is 6.92 Å². The lowest BCUT2D eigenvalue weighted by molar-refractivity contribution is 0.0886. The molecule has 1 aromatic carbocycles. The van der Waals surface area contributed by atoms with Crippen molar-refractivity contribution in [2.45, 2.75) is 52.6 Å². The van der Waals surface area contributed by atoms with Crippen LogP contribution >= 0.6 is 0 Å². The molecule has 0 aromatic heterocycles. The second-order valence-electron chi connectivity index (χ2n) is 6.92. The van der Waals surface area contributed by atoms with E-state index in [1.807, 2.05) is 20.9 Å². The standard InChI is InChI=1S/C16H27NO/c1-12-10-13(15(2,3)4)8-9-14(12)17(7)11-16(5,6)18/h8-10,18H,11H2,1-7H3. The molecule has 1 aromatic rings. The lowest BCUT2D eigenvalue weighted by Crippen LogP contribution is -2.36. The molecule has 0 saturated carbocycles. The van der Waals surface area contributed by atoms with E-state index in [1.165, 1.54) is 16.8 Å². The van der Waals surface area contributed by atoms with Crippen LogP contribution in [0.2, 0.25) is 0 Å². The Bertz CT molecular complexity index is 410. The van der Waals surface area contributed by atoms with Gasteiger partial charge in [0.15, 0.2) is 0 Å². The Balaban J connectivity index is 2.99. The molecule has 0 heterocycles. The molecule has 2 nitrogen and oxygen atoms in total. The van der Waals surface area contributed by atoms with Crippen molar-refractivity contribution >= 4 is 5.69 Å². The minimum absolute atomic E-state index is 0.179. The van der Waals surface area contributed by atoms with Crippen LogP contribution in [0.1, 0.15) is 45.7 Å². The number of rotatable bonds is 3. The maximum Gasteiger partial charge on any atom is 0.0765 e. The van der Waals surface area contributed by atoms with E-state index >= 15 is 0 Å². The summed E-state index contributed by atoms with van der Waals surface area (Å²) in [5.74, 6) is 0. The van der Waals surface area contributed by atoms with Crippen molar-refractivity contribution in [1.82, 2.24) is 0 Å². The van der Waals surface area contributed by atoms with Crippen molar-refractivity contribution in [1.29, 1.82) is 0 Å². The van der Waals surface area contributed by atoms with Crippen molar-refractivity contribution in [2.24, 2.45) is 0 Å². The lowest BCUT2D eigenvalue weighted by atomic mass is 9.86. The van der Waals surface area contributed by atoms with Gasteiger partial charge in [0, 0.05) is 19.3 Å². The number of anilines is 1. The van der Waals surface area contributed by atoms with Crippen molar-refractivity contribution in [3.05, 3.63) is 29.3 Å². The zero-order chi connectivity index (χ0) is 14.1. The third-order valence-corrected chi connectivity index (χ3v) is 3.10. The van der Waals surface area contributed by atoms with E-state index in [0.29, 0.717) is 6.54 Å². The topological polar surface area (TPSA) is 23.5 Å². The molecule has 1 rings (SSSR count). The van der Waals surface area contributed by atoms with Gasteiger partial charge in [-0.2, -0.15) is 0 Å². The second kappa shape index (κ2) is 4.93. The average Bonchev–Trinajstić information content (AvgIpc) is 2.12. The molecule has 0 radical (unpaired) electrons. The Morgan fingerprint density at radius 1 is 1.11 bits per heavy atom. The average molecular weight is 249 g/mol. The molecule has 0 unspecified atom stereocenters. The van der Waals surface area contributed by atoms with Crippen LogP contribution < -0.4 is 4.90 Å². The van der Waals surface area contributed by atoms with Gasteiger partial charge in [0.2, 0.25) is 0 Å². The molecule has 2 heteroatoms. The summed E-state index contributed by atoms with van der Waals surface area (Å²) in [6.07, 6.45) is 0. The molecule has 0 spiro atoms. The number of nitrogens with zero attached hydrogens (tertiary/aromatic N) is 1. The van der Waals surface area contributed by atoms with Gasteiger partial charge in [-0.25, -0.2) is 0 Å². The fraction of sp³-hybridized carbons (Fsp3) is 0.625. The summed E-state index contributed by atoms with van der Waals surface area (Å²) in [6, 6.07) is 6.58. The minimum atomic E-state index is -0.677. The lowest BCUT2D eigenvalue weighted by Gasteiger charge is -2.29. The largest absolute Gasteiger partial charge is 0.389 e. The van der Waals surface area contributed by atoms with Gasteiger partial charge in [-0.15, -0.1) is 0 Å². The number of hydrogen-bond acceptors (Lipinski definition) is 2. The minimum Gasteiger partial charge on any atom is -0.389 e. The first kappa shape index (κ1) is 15.0. The zero-order valence-corrected chi connectivity index (χ0v) is 12.8. The molecule has 0 bridgehead atoms. The summed E-state index contributed by atoms with van der Waals surface area (Å²) in [7, 11) is 2.02. The fourth-order valence-corrected chi connectivity index (χ4v) is 2.22. The number of aryl methyl sites for hydroxylation is 1. The van der Waals surface area contributed by atoms with Gasteiger partial charge >= 0.3 is 0 Å². The Hall–Kier alpha value is -1.02. The first-order valence-corrected chi connectivity index (χ1v) is 6.55. The molecule has 18 heavy (non-hydrogen) atoms. The summed E-state index contributed by atoms with van der Waals surface area (Å²) in [6.45, 7) is 13.1. The predicted molar refractivity (Wildman–Crippen MR) is 79.4 cm³/mol. The van der Waals surface area contributed by atoms with Crippen molar-refractivity contribution in [2.75, 3.05) is 18.5 Å². The van der Waals surface area contributed by atoms with Gasteiger partial charge in [-0.05, 0) is 43.4 Å². The smallest absolute Gasteiger partial charge is 0.0765 e. The SMILES string of the molecule is Cc1cc(C(C)(C)C)ccc1N(C)CC(C)(C)O. The van der Waals surface area contributed by atoms with Crippen molar-refractivity contribution in [3.8, 4) is 0 Å². The van der Waals surface area contributed by atoms with E-state index in [1.54, 1.807) is 0 Å². The van der Waals surface area contributed by atoms with Gasteiger partial charge in [0.25, 0.3) is 0 Å². The fourth-order valence-electron chi connectivity index (χ4n) is 2.22. The van der Waals surface area contributed by atoms with Gasteiger partial charge in [-0.1, -0.05) is 32.9 Å². The Labute approximate surface area is 112 Å². The quantitative estimate of drug-likeness (QED) is 0.886. The van der Waals surface area contributed by atoms with Crippen LogP contribution in [-0.4, -0.2) is 24.3 Å². The maximum atomic E-state index is 9.88. The Morgan fingerprint density at radius 2 is 1.67 bits per heavy atom. The predicted octanol–water partition coefficient (Wildman–Crippen LogP) is 3.50. The van der Waals surface area contributed by atoms with E-state index in [-0.39, 0.29) is 5.41 Å². The monoisotopic (exact) mass is 249 g/mol. The van der Waals surface area contributed by atoms with Crippen LogP contribution in [0.3, 0.4) is 0 Å². The van der Waals surface area contributed by atoms with Crippen LogP contribution in [0.4, 0.5) is 5.69 Å². The van der Waals surface area contributed by atoms with Gasteiger partial charge < -0.3 is 10.0 Å². The Morgan fingerprint density at radius 3 is 2.06 bits per heavy atom. The van der Waals surface area contributed by atoms with Crippen LogP contribution in [0.25, 0.3) is 0 Å². The molecule has 0 aliphatic rings. The summed E-state index contributed by atoms with van der Waals surface area (Å²) >= 11 is 0. The molecule has 0 aliphatic carbocycles. The zero-order valence-electron chi connectivity index (χ0n) is 12.8. The van der Waals surface area contributed by atoms with Gasteiger partial charge in [0.1, 0.15) is 0 Å². The highest BCUT2D eigenvalue weighted by molar-refractivity contribution is 5.55. The van der Waals surface area contributed by atoms with E-state index in [2.05, 4.69) is 50.8 Å². The van der Waals surface area contributed by atoms with Gasteiger partial charge in [-0.3, -0.25) is 0 Å². The highest BCUT2D eigenvalue weighted by Crippen LogP contribution is 2.28. The highest BCUT2D eigenvalue weighted by atomic mass is 16.3. The van der Waals surface area contributed by atoms with Crippen LogP contribution in [-0.2, 0) is 5.41 Å². The van der Waals surface area contributed by atoms with Crippen LogP contribution in [0.15, 0.2) is 18.2 Å². The van der Waals surface area contributed by atoms with E-state index in [9.17, 15) is 5.11 Å². The molecular formula is C16H27NO. The van der Waals surface area contributed by atoms with E-state index < -0.39 is 5.60 Å². The number of likely N-dealkylation sites (N-methyl/N-ethyl adjacent to an activating group) is 1. The van der Waals surface area contributed by atoms with Crippen LogP contribution in [0.5, 0.6) is 0 Å². The summed E-state index contributed by atoms with van der Waals surface area (Å²) in [5, 5.41) is 9.88. The molecule has 0 atom stereocenters. The van der Waals surface area contributed by atoms with Crippen molar-refractivity contribution in [3.63, 3.8) is 0 Å². The summed E-state index contributed by atoms with van der Waals surface area (Å²) < 4.78 is 0. The first-order chi connectivity index (χ1) is 8.00. The third-order valence-electron chi connectivity index (χ3n) is 3.10. The molecule has 0 aliphatic heterocycles. The molecule has 0 fully saturated rings. The first-order valence-electron chi connectivity index (χ1n) is 6.55. The Kier molecular flexibility index (Phi) is 4.12. The highest BCUT2D eigenvalue weighted by Gasteiger charge is 2.19. The molecule has 0 saturated heterocycles. The van der Waals surface area contributed by atoms with E-state index in [4.69, 9.17) is 0 Å². The molecule has 0 amide bonds. The molecule has 102 valence electrons. The number of aliphatic hydroxyl groups is 1. The molecular weight excluding hydrogens is 222 g/mol. The molecule has 1 N–H and O–H groups in total. The third kappa shape index (κ3) is 4.02. The van der Waals surface area contributed by atoms with Gasteiger partial charge in [0.05, 0.1) is 5.60 Å². The van der Waals surface area contributed by atoms with Crippen molar-refractivity contribution < 1.29 is 5.11 Å². The number of benzene rings is 1. The second-order valence-corrected chi connectivity index (χ2v) is 6.92. The number of hydrogen-bond donors (Lipinski definition) is 1.